The first-order valence-corrected chi connectivity index (χ1v) is 7.78. The molecule has 1 aliphatic rings. The van der Waals surface area contributed by atoms with Crippen LogP contribution in [0, 0.1) is 0 Å². The van der Waals surface area contributed by atoms with Gasteiger partial charge in [-0.2, -0.15) is 0 Å². The molecule has 1 saturated heterocycles. The minimum atomic E-state index is -0.00931. The van der Waals surface area contributed by atoms with E-state index in [9.17, 15) is 4.79 Å². The van der Waals surface area contributed by atoms with Crippen molar-refractivity contribution >= 4 is 23.2 Å². The molecule has 21 heavy (non-hydrogen) atoms. The summed E-state index contributed by atoms with van der Waals surface area (Å²) in [7, 11) is 3.50. The van der Waals surface area contributed by atoms with Crippen LogP contribution >= 0.6 is 11.6 Å². The average Bonchev–Trinajstić information content (AvgIpc) is 2.89. The Kier molecular flexibility index (Phi) is 5.12. The molecule has 2 rings (SSSR count). The molecule has 1 aromatic rings. The summed E-state index contributed by atoms with van der Waals surface area (Å²) in [6.07, 6.45) is 1.10. The van der Waals surface area contributed by atoms with Crippen LogP contribution in [0.4, 0.5) is 5.69 Å². The number of rotatable bonds is 4. The lowest BCUT2D eigenvalue weighted by atomic mass is 10.1. The molecule has 0 saturated carbocycles. The molecular weight excluding hydrogens is 286 g/mol. The molecule has 5 heteroatoms. The third kappa shape index (κ3) is 3.89. The van der Waals surface area contributed by atoms with Crippen molar-refractivity contribution in [2.75, 3.05) is 32.5 Å². The molecule has 0 radical (unpaired) electrons. The number of hydrogen-bond acceptors (Lipinski definition) is 3. The SMILES string of the molecule is CC(C)N1CCC(Nc2cc(C(=O)N(C)C)ccc2Cl)C1. The van der Waals surface area contributed by atoms with Gasteiger partial charge in [-0.3, -0.25) is 9.69 Å². The van der Waals surface area contributed by atoms with Gasteiger partial charge in [0.05, 0.1) is 10.7 Å². The average molecular weight is 310 g/mol. The third-order valence-electron chi connectivity index (χ3n) is 3.93. The van der Waals surface area contributed by atoms with E-state index < -0.39 is 0 Å². The molecule has 116 valence electrons. The Morgan fingerprint density at radius 1 is 1.43 bits per heavy atom. The minimum Gasteiger partial charge on any atom is -0.380 e. The van der Waals surface area contributed by atoms with Gasteiger partial charge in [-0.15, -0.1) is 0 Å². The second-order valence-electron chi connectivity index (χ2n) is 6.11. The van der Waals surface area contributed by atoms with Gasteiger partial charge in [0.2, 0.25) is 0 Å². The zero-order valence-corrected chi connectivity index (χ0v) is 13.9. The Balaban J connectivity index is 2.10. The van der Waals surface area contributed by atoms with Gasteiger partial charge in [0, 0.05) is 44.8 Å². The van der Waals surface area contributed by atoms with E-state index in [-0.39, 0.29) is 5.91 Å². The van der Waals surface area contributed by atoms with Crippen LogP contribution in [0.2, 0.25) is 5.02 Å². The van der Waals surface area contributed by atoms with Crippen molar-refractivity contribution in [3.05, 3.63) is 28.8 Å². The maximum Gasteiger partial charge on any atom is 0.253 e. The number of carbonyl (C=O) groups is 1. The quantitative estimate of drug-likeness (QED) is 0.929. The Labute approximate surface area is 132 Å². The summed E-state index contributed by atoms with van der Waals surface area (Å²) in [5.74, 6) is -0.00931. The molecule has 4 nitrogen and oxygen atoms in total. The van der Waals surface area contributed by atoms with Crippen LogP contribution in [-0.4, -0.2) is 55.0 Å². The molecule has 1 aromatic carbocycles. The molecular formula is C16H24ClN3O. The van der Waals surface area contributed by atoms with E-state index in [1.807, 2.05) is 6.07 Å². The Hall–Kier alpha value is -1.26. The van der Waals surface area contributed by atoms with E-state index in [0.717, 1.165) is 25.2 Å². The molecule has 1 unspecified atom stereocenters. The van der Waals surface area contributed by atoms with Gasteiger partial charge in [-0.05, 0) is 38.5 Å². The van der Waals surface area contributed by atoms with Gasteiger partial charge in [0.1, 0.15) is 0 Å². The van der Waals surface area contributed by atoms with E-state index in [1.54, 1.807) is 31.1 Å². The van der Waals surface area contributed by atoms with Gasteiger partial charge in [0.25, 0.3) is 5.91 Å². The standard InChI is InChI=1S/C16H24ClN3O/c1-11(2)20-8-7-13(10-20)18-15-9-12(5-6-14(15)17)16(21)19(3)4/h5-6,9,11,13,18H,7-8,10H2,1-4H3. The van der Waals surface area contributed by atoms with Crippen LogP contribution in [-0.2, 0) is 0 Å². The van der Waals surface area contributed by atoms with Gasteiger partial charge in [0.15, 0.2) is 0 Å². The number of nitrogens with one attached hydrogen (secondary N) is 1. The fourth-order valence-corrected chi connectivity index (χ4v) is 2.79. The molecule has 1 fully saturated rings. The van der Waals surface area contributed by atoms with E-state index in [2.05, 4.69) is 24.1 Å². The van der Waals surface area contributed by atoms with Crippen molar-refractivity contribution in [2.24, 2.45) is 0 Å². The molecule has 1 heterocycles. The highest BCUT2D eigenvalue weighted by molar-refractivity contribution is 6.33. The van der Waals surface area contributed by atoms with Crippen LogP contribution < -0.4 is 5.32 Å². The first-order chi connectivity index (χ1) is 9.88. The lowest BCUT2D eigenvalue weighted by molar-refractivity contribution is 0.0827. The van der Waals surface area contributed by atoms with E-state index in [4.69, 9.17) is 11.6 Å². The van der Waals surface area contributed by atoms with Crippen LogP contribution in [0.3, 0.4) is 0 Å². The summed E-state index contributed by atoms with van der Waals surface area (Å²) in [5, 5.41) is 4.14. The maximum absolute atomic E-state index is 12.0. The van der Waals surface area contributed by atoms with E-state index >= 15 is 0 Å². The lowest BCUT2D eigenvalue weighted by Gasteiger charge is -2.21. The van der Waals surface area contributed by atoms with Crippen molar-refractivity contribution in [2.45, 2.75) is 32.4 Å². The highest BCUT2D eigenvalue weighted by atomic mass is 35.5. The summed E-state index contributed by atoms with van der Waals surface area (Å²) in [4.78, 5) is 16.1. The normalized spacial score (nSPS) is 19.0. The first-order valence-electron chi connectivity index (χ1n) is 7.40. The number of benzene rings is 1. The number of amides is 1. The third-order valence-corrected chi connectivity index (χ3v) is 4.26. The summed E-state index contributed by atoms with van der Waals surface area (Å²) in [6, 6.07) is 6.35. The van der Waals surface area contributed by atoms with Crippen LogP contribution in [0.25, 0.3) is 0 Å². The van der Waals surface area contributed by atoms with Crippen molar-refractivity contribution in [1.82, 2.24) is 9.80 Å². The van der Waals surface area contributed by atoms with E-state index in [0.29, 0.717) is 22.7 Å². The molecule has 1 atom stereocenters. The van der Waals surface area contributed by atoms with Crippen molar-refractivity contribution in [3.8, 4) is 0 Å². The second kappa shape index (κ2) is 6.67. The summed E-state index contributed by atoms with van der Waals surface area (Å²) < 4.78 is 0. The summed E-state index contributed by atoms with van der Waals surface area (Å²) in [5.41, 5.74) is 1.51. The van der Waals surface area contributed by atoms with Gasteiger partial charge in [-0.25, -0.2) is 0 Å². The highest BCUT2D eigenvalue weighted by Crippen LogP contribution is 2.26. The van der Waals surface area contributed by atoms with Crippen molar-refractivity contribution in [3.63, 3.8) is 0 Å². The molecule has 0 aromatic heterocycles. The fourth-order valence-electron chi connectivity index (χ4n) is 2.62. The minimum absolute atomic E-state index is 0.00931. The molecule has 0 bridgehead atoms. The smallest absolute Gasteiger partial charge is 0.253 e. The number of hydrogen-bond donors (Lipinski definition) is 1. The molecule has 1 aliphatic heterocycles. The molecule has 1 amide bonds. The Morgan fingerprint density at radius 3 is 2.71 bits per heavy atom. The zero-order valence-electron chi connectivity index (χ0n) is 13.2. The van der Waals surface area contributed by atoms with Crippen molar-refractivity contribution < 1.29 is 4.79 Å². The molecule has 1 N–H and O–H groups in total. The topological polar surface area (TPSA) is 35.6 Å². The predicted molar refractivity (Wildman–Crippen MR) is 88.2 cm³/mol. The Bertz CT molecular complexity index is 516. The summed E-state index contributed by atoms with van der Waals surface area (Å²) in [6.45, 7) is 6.54. The maximum atomic E-state index is 12.0. The number of halogens is 1. The lowest BCUT2D eigenvalue weighted by Crippen LogP contribution is -2.31. The number of likely N-dealkylation sites (tertiary alicyclic amines) is 1. The monoisotopic (exact) mass is 309 g/mol. The van der Waals surface area contributed by atoms with Gasteiger partial charge < -0.3 is 10.2 Å². The first kappa shape index (κ1) is 16.1. The molecule has 0 spiro atoms. The highest BCUT2D eigenvalue weighted by Gasteiger charge is 2.24. The van der Waals surface area contributed by atoms with Crippen LogP contribution in [0.1, 0.15) is 30.6 Å². The van der Waals surface area contributed by atoms with Gasteiger partial charge in [-0.1, -0.05) is 11.6 Å². The largest absolute Gasteiger partial charge is 0.380 e. The van der Waals surface area contributed by atoms with E-state index in [1.165, 1.54) is 0 Å². The number of nitrogens with zero attached hydrogens (tertiary/aromatic N) is 2. The molecule has 0 aliphatic carbocycles. The fraction of sp³-hybridized carbons (Fsp3) is 0.562. The number of anilines is 1. The Morgan fingerprint density at radius 2 is 2.14 bits per heavy atom. The second-order valence-corrected chi connectivity index (χ2v) is 6.52. The zero-order chi connectivity index (χ0) is 15.6. The van der Waals surface area contributed by atoms with Crippen molar-refractivity contribution in [1.29, 1.82) is 0 Å². The van der Waals surface area contributed by atoms with Crippen LogP contribution in [0.15, 0.2) is 18.2 Å². The summed E-state index contributed by atoms with van der Waals surface area (Å²) >= 11 is 6.26. The predicted octanol–water partition coefficient (Wildman–Crippen LogP) is 2.94. The number of carbonyl (C=O) groups excluding carboxylic acids is 1. The van der Waals surface area contributed by atoms with Gasteiger partial charge >= 0.3 is 0 Å². The van der Waals surface area contributed by atoms with Crippen LogP contribution in [0.5, 0.6) is 0 Å².